The lowest BCUT2D eigenvalue weighted by Crippen LogP contribution is -2.28. The van der Waals surface area contributed by atoms with Gasteiger partial charge in [-0.15, -0.1) is 0 Å². The predicted octanol–water partition coefficient (Wildman–Crippen LogP) is 6.70. The number of hydrogen-bond acceptors (Lipinski definition) is 3. The molecule has 0 radical (unpaired) electrons. The smallest absolute Gasteiger partial charge is 0.318 e. The minimum atomic E-state index is -0.463. The second kappa shape index (κ2) is 8.12. The summed E-state index contributed by atoms with van der Waals surface area (Å²) < 4.78 is 3.01. The number of fused-ring (bicyclic) bond motifs is 1. The van der Waals surface area contributed by atoms with Crippen molar-refractivity contribution in [2.75, 3.05) is 0 Å². The van der Waals surface area contributed by atoms with Gasteiger partial charge in [0.15, 0.2) is 0 Å². The molecule has 4 nitrogen and oxygen atoms in total. The van der Waals surface area contributed by atoms with E-state index in [0.29, 0.717) is 10.0 Å². The van der Waals surface area contributed by atoms with Gasteiger partial charge in [-0.2, -0.15) is 0 Å². The number of carbonyl (C=O) groups is 1. The highest BCUT2D eigenvalue weighted by Gasteiger charge is 2.34. The van der Waals surface area contributed by atoms with E-state index in [2.05, 4.69) is 84.5 Å². The molecular weight excluding hydrogens is 452 g/mol. The fourth-order valence-corrected chi connectivity index (χ4v) is 4.70. The van der Waals surface area contributed by atoms with E-state index in [0.717, 1.165) is 35.5 Å². The average Bonchev–Trinajstić information content (AvgIpc) is 3.03. The third-order valence-corrected chi connectivity index (χ3v) is 6.66. The number of rotatable bonds is 3. The summed E-state index contributed by atoms with van der Waals surface area (Å²) in [5.41, 5.74) is 8.43. The van der Waals surface area contributed by atoms with E-state index in [1.807, 2.05) is 18.2 Å². The number of halogens is 1. The summed E-state index contributed by atoms with van der Waals surface area (Å²) in [7, 11) is 0. The molecule has 1 aromatic heterocycles. The third-order valence-electron chi connectivity index (χ3n) is 5.97. The van der Waals surface area contributed by atoms with Crippen LogP contribution in [-0.4, -0.2) is 16.2 Å². The molecule has 0 unspecified atom stereocenters. The molecule has 1 heterocycles. The number of carbonyl (C=O) groups excluding carboxylic acids is 1. The van der Waals surface area contributed by atoms with E-state index in [-0.39, 0.29) is 5.41 Å². The van der Waals surface area contributed by atoms with Crippen LogP contribution in [0.1, 0.15) is 58.7 Å². The van der Waals surface area contributed by atoms with E-state index in [1.54, 1.807) is 6.07 Å². The Kier molecular flexibility index (Phi) is 5.65. The lowest BCUT2D eigenvalue weighted by Gasteiger charge is -2.31. The second-order valence-electron chi connectivity index (χ2n) is 9.16. The van der Waals surface area contributed by atoms with Crippen molar-refractivity contribution < 1.29 is 9.63 Å². The summed E-state index contributed by atoms with van der Waals surface area (Å²) in [6.45, 7) is 10.8. The lowest BCUT2D eigenvalue weighted by molar-refractivity contribution is 0.0513. The van der Waals surface area contributed by atoms with Crippen molar-refractivity contribution in [3.05, 3.63) is 86.6 Å². The molecule has 0 saturated heterocycles. The third kappa shape index (κ3) is 4.24. The standard InChI is InChI=1S/C26H27BrN2O2/c1-16-10-11-19(12-17(16)2)29-18(3)13-21-23(14-26(4,5)15-24(21)29)28-31-25(30)20-8-6-7-9-22(20)27/h6-13H,14-15H2,1-5H3/b28-23+. The van der Waals surface area contributed by atoms with Crippen LogP contribution in [0, 0.1) is 26.2 Å². The Morgan fingerprint density at radius 2 is 1.77 bits per heavy atom. The van der Waals surface area contributed by atoms with E-state index in [9.17, 15) is 4.79 Å². The van der Waals surface area contributed by atoms with E-state index < -0.39 is 5.97 Å². The molecule has 31 heavy (non-hydrogen) atoms. The average molecular weight is 479 g/mol. The molecule has 4 rings (SSSR count). The van der Waals surface area contributed by atoms with Crippen molar-refractivity contribution in [1.82, 2.24) is 4.57 Å². The molecule has 5 heteroatoms. The number of hydrogen-bond donors (Lipinski definition) is 0. The Morgan fingerprint density at radius 3 is 2.48 bits per heavy atom. The Bertz CT molecular complexity index is 1200. The summed E-state index contributed by atoms with van der Waals surface area (Å²) >= 11 is 3.40. The van der Waals surface area contributed by atoms with Crippen molar-refractivity contribution in [1.29, 1.82) is 0 Å². The van der Waals surface area contributed by atoms with Gasteiger partial charge in [0.1, 0.15) is 0 Å². The van der Waals surface area contributed by atoms with Gasteiger partial charge in [-0.3, -0.25) is 0 Å². The first-order chi connectivity index (χ1) is 14.7. The van der Waals surface area contributed by atoms with Gasteiger partial charge in [0.2, 0.25) is 0 Å². The molecule has 160 valence electrons. The molecule has 0 N–H and O–H groups in total. The Labute approximate surface area is 192 Å². The number of nitrogens with zero attached hydrogens (tertiary/aromatic N) is 2. The topological polar surface area (TPSA) is 43.6 Å². The second-order valence-corrected chi connectivity index (χ2v) is 10.0. The highest BCUT2D eigenvalue weighted by molar-refractivity contribution is 9.10. The maximum atomic E-state index is 12.6. The number of benzene rings is 2. The zero-order chi connectivity index (χ0) is 22.3. The molecule has 0 spiro atoms. The van der Waals surface area contributed by atoms with Gasteiger partial charge < -0.3 is 9.40 Å². The van der Waals surface area contributed by atoms with Crippen molar-refractivity contribution in [3.8, 4) is 5.69 Å². The highest BCUT2D eigenvalue weighted by Crippen LogP contribution is 2.38. The highest BCUT2D eigenvalue weighted by atomic mass is 79.9. The van der Waals surface area contributed by atoms with Gasteiger partial charge in [-0.25, -0.2) is 4.79 Å². The van der Waals surface area contributed by atoms with Crippen LogP contribution in [0.2, 0.25) is 0 Å². The molecule has 3 aromatic rings. The molecule has 0 amide bonds. The van der Waals surface area contributed by atoms with E-state index in [4.69, 9.17) is 4.84 Å². The number of aromatic nitrogens is 1. The van der Waals surface area contributed by atoms with E-state index >= 15 is 0 Å². The van der Waals surface area contributed by atoms with Gasteiger partial charge in [0.05, 0.1) is 11.3 Å². The number of aryl methyl sites for hydroxylation is 3. The van der Waals surface area contributed by atoms with E-state index in [1.165, 1.54) is 16.8 Å². The maximum absolute atomic E-state index is 12.6. The molecule has 1 aliphatic rings. The zero-order valence-electron chi connectivity index (χ0n) is 18.6. The molecular formula is C26H27BrN2O2. The monoisotopic (exact) mass is 478 g/mol. The summed E-state index contributed by atoms with van der Waals surface area (Å²) in [5.74, 6) is -0.463. The van der Waals surface area contributed by atoms with Crippen LogP contribution < -0.4 is 0 Å². The minimum absolute atomic E-state index is 0.00779. The summed E-state index contributed by atoms with van der Waals surface area (Å²) in [6.07, 6.45) is 1.68. The van der Waals surface area contributed by atoms with Gasteiger partial charge in [-0.1, -0.05) is 37.2 Å². The fourth-order valence-electron chi connectivity index (χ4n) is 4.26. The van der Waals surface area contributed by atoms with Crippen LogP contribution >= 0.6 is 15.9 Å². The Morgan fingerprint density at radius 1 is 1.03 bits per heavy atom. The summed E-state index contributed by atoms with van der Waals surface area (Å²) in [6, 6.07) is 15.9. The summed E-state index contributed by atoms with van der Waals surface area (Å²) in [5, 5.41) is 4.35. The van der Waals surface area contributed by atoms with Crippen molar-refractivity contribution in [2.45, 2.75) is 47.5 Å². The Hall–Kier alpha value is -2.66. The van der Waals surface area contributed by atoms with Crippen LogP contribution in [0.15, 0.2) is 58.2 Å². The number of oxime groups is 1. The van der Waals surface area contributed by atoms with Crippen LogP contribution in [-0.2, 0) is 11.3 Å². The first-order valence-corrected chi connectivity index (χ1v) is 11.3. The lowest BCUT2D eigenvalue weighted by atomic mass is 9.76. The van der Waals surface area contributed by atoms with Gasteiger partial charge >= 0.3 is 5.97 Å². The first kappa shape index (κ1) is 21.6. The van der Waals surface area contributed by atoms with Crippen molar-refractivity contribution in [2.24, 2.45) is 10.6 Å². The molecule has 2 aromatic carbocycles. The van der Waals surface area contributed by atoms with Crippen LogP contribution in [0.4, 0.5) is 0 Å². The van der Waals surface area contributed by atoms with Crippen LogP contribution in [0.5, 0.6) is 0 Å². The SMILES string of the molecule is Cc1ccc(-n2c(C)cc3c2CC(C)(C)C/C3=N\OC(=O)c2ccccc2Br)cc1C. The fraction of sp³-hybridized carbons (Fsp3) is 0.308. The zero-order valence-corrected chi connectivity index (χ0v) is 20.2. The molecule has 0 bridgehead atoms. The molecule has 1 aliphatic carbocycles. The Balaban J connectivity index is 1.74. The summed E-state index contributed by atoms with van der Waals surface area (Å²) in [4.78, 5) is 18.0. The first-order valence-electron chi connectivity index (χ1n) is 10.5. The van der Waals surface area contributed by atoms with Crippen molar-refractivity contribution in [3.63, 3.8) is 0 Å². The molecule has 0 saturated carbocycles. The largest absolute Gasteiger partial charge is 0.366 e. The van der Waals surface area contributed by atoms with Crippen LogP contribution in [0.3, 0.4) is 0 Å². The van der Waals surface area contributed by atoms with Gasteiger partial charge in [-0.05, 0) is 96.4 Å². The minimum Gasteiger partial charge on any atom is -0.318 e. The molecule has 0 fully saturated rings. The maximum Gasteiger partial charge on any atom is 0.366 e. The molecule has 0 atom stereocenters. The van der Waals surface area contributed by atoms with Crippen LogP contribution in [0.25, 0.3) is 5.69 Å². The normalized spacial score (nSPS) is 16.3. The predicted molar refractivity (Wildman–Crippen MR) is 128 cm³/mol. The van der Waals surface area contributed by atoms with Gasteiger partial charge in [0.25, 0.3) is 0 Å². The van der Waals surface area contributed by atoms with Gasteiger partial charge in [0, 0.05) is 27.1 Å². The van der Waals surface area contributed by atoms with Crippen molar-refractivity contribution >= 4 is 27.6 Å². The quantitative estimate of drug-likeness (QED) is 0.310. The molecule has 0 aliphatic heterocycles.